The van der Waals surface area contributed by atoms with E-state index in [1.807, 2.05) is 0 Å². The van der Waals surface area contributed by atoms with E-state index in [0.717, 1.165) is 0 Å². The first-order chi connectivity index (χ1) is 11.4. The molecule has 4 N–H and O–H groups in total. The summed E-state index contributed by atoms with van der Waals surface area (Å²) in [5.74, 6) is -1.51. The van der Waals surface area contributed by atoms with Gasteiger partial charge < -0.3 is 24.6 Å². The van der Waals surface area contributed by atoms with Crippen molar-refractivity contribution in [2.45, 2.75) is 29.8 Å². The molecule has 1 saturated heterocycles. The molecule has 130 valence electrons. The molecule has 1 aromatic carbocycles. The molecular formula is C14H15NO8S. The molecule has 1 aromatic rings. The van der Waals surface area contributed by atoms with Gasteiger partial charge in [-0.1, -0.05) is 12.1 Å². The summed E-state index contributed by atoms with van der Waals surface area (Å²) in [7, 11) is 0. The zero-order valence-electron chi connectivity index (χ0n) is 12.2. The number of amides is 2. The molecule has 9 nitrogen and oxygen atoms in total. The molecule has 0 aromatic heterocycles. The Kier molecular flexibility index (Phi) is 4.51. The second-order valence-corrected chi connectivity index (χ2v) is 6.52. The summed E-state index contributed by atoms with van der Waals surface area (Å²) in [6, 6.07) is 4.38. The van der Waals surface area contributed by atoms with Gasteiger partial charge >= 0.3 is 0 Å². The van der Waals surface area contributed by atoms with Crippen molar-refractivity contribution in [3.05, 3.63) is 35.4 Å². The average molecular weight is 357 g/mol. The van der Waals surface area contributed by atoms with Crippen LogP contribution < -0.4 is 0 Å². The number of ether oxygens (including phenoxy) is 1. The first-order valence-corrected chi connectivity index (χ1v) is 8.24. The molecule has 1 fully saturated rings. The van der Waals surface area contributed by atoms with Crippen molar-refractivity contribution in [3.63, 3.8) is 0 Å². The Balaban J connectivity index is 2.02. The van der Waals surface area contributed by atoms with Gasteiger partial charge in [-0.25, -0.2) is 4.21 Å². The quantitative estimate of drug-likeness (QED) is 0.370. The SMILES string of the molecule is O=C1c2ccccc2C(=O)N1[C@H]1C(S(=O)O)O[C@H](CO)[C@@H](O)[C@@H]1O. The second-order valence-electron chi connectivity index (χ2n) is 5.50. The van der Waals surface area contributed by atoms with Crippen LogP contribution in [0.1, 0.15) is 20.7 Å². The van der Waals surface area contributed by atoms with Crippen molar-refractivity contribution in [2.24, 2.45) is 0 Å². The Labute approximate surface area is 138 Å². The molecule has 0 bridgehead atoms. The van der Waals surface area contributed by atoms with Crippen LogP contribution in [-0.4, -0.2) is 77.2 Å². The fourth-order valence-electron chi connectivity index (χ4n) is 2.99. The van der Waals surface area contributed by atoms with Crippen LogP contribution in [0.25, 0.3) is 0 Å². The van der Waals surface area contributed by atoms with E-state index in [1.54, 1.807) is 12.1 Å². The number of aliphatic hydroxyl groups is 3. The third-order valence-electron chi connectivity index (χ3n) is 4.17. The van der Waals surface area contributed by atoms with Crippen molar-refractivity contribution in [1.82, 2.24) is 4.90 Å². The highest BCUT2D eigenvalue weighted by Crippen LogP contribution is 2.32. The number of rotatable bonds is 3. The van der Waals surface area contributed by atoms with Gasteiger partial charge in [-0.3, -0.25) is 14.5 Å². The number of carbonyl (C=O) groups is 2. The Hall–Kier alpha value is -1.69. The lowest BCUT2D eigenvalue weighted by atomic mass is 9.97. The van der Waals surface area contributed by atoms with Crippen LogP contribution in [-0.2, 0) is 15.8 Å². The molecule has 24 heavy (non-hydrogen) atoms. The predicted octanol–water partition coefficient (Wildman–Crippen LogP) is -1.69. The van der Waals surface area contributed by atoms with Gasteiger partial charge in [-0.05, 0) is 12.1 Å². The van der Waals surface area contributed by atoms with E-state index in [0.29, 0.717) is 4.90 Å². The van der Waals surface area contributed by atoms with Crippen molar-refractivity contribution in [3.8, 4) is 0 Å². The number of aliphatic hydroxyl groups excluding tert-OH is 3. The normalized spacial score (nSPS) is 34.3. The Bertz CT molecular complexity index is 675. The second kappa shape index (κ2) is 6.31. The van der Waals surface area contributed by atoms with E-state index < -0.39 is 59.3 Å². The van der Waals surface area contributed by atoms with Crippen molar-refractivity contribution in [2.75, 3.05) is 6.61 Å². The van der Waals surface area contributed by atoms with E-state index in [9.17, 15) is 28.6 Å². The number of hydrogen-bond acceptors (Lipinski definition) is 7. The number of nitrogens with zero attached hydrogens (tertiary/aromatic N) is 1. The average Bonchev–Trinajstić information content (AvgIpc) is 2.82. The Morgan fingerprint density at radius 3 is 2.08 bits per heavy atom. The molecule has 2 heterocycles. The minimum Gasteiger partial charge on any atom is -0.394 e. The molecular weight excluding hydrogens is 342 g/mol. The molecule has 2 aliphatic rings. The summed E-state index contributed by atoms with van der Waals surface area (Å²) >= 11 is -2.68. The Morgan fingerprint density at radius 2 is 1.62 bits per heavy atom. The van der Waals surface area contributed by atoms with Gasteiger partial charge in [0, 0.05) is 0 Å². The third kappa shape index (κ3) is 2.48. The zero-order chi connectivity index (χ0) is 17.6. The fraction of sp³-hybridized carbons (Fsp3) is 0.429. The Morgan fingerprint density at radius 1 is 1.08 bits per heavy atom. The lowest BCUT2D eigenvalue weighted by molar-refractivity contribution is -0.183. The lowest BCUT2D eigenvalue weighted by Crippen LogP contribution is -2.66. The number of hydrogen-bond donors (Lipinski definition) is 4. The largest absolute Gasteiger partial charge is 0.394 e. The molecule has 3 rings (SSSR count). The fourth-order valence-corrected chi connectivity index (χ4v) is 3.75. The maximum absolute atomic E-state index is 12.5. The van der Waals surface area contributed by atoms with Crippen molar-refractivity contribution in [1.29, 1.82) is 0 Å². The molecule has 10 heteroatoms. The summed E-state index contributed by atoms with van der Waals surface area (Å²) in [6.45, 7) is -0.708. The smallest absolute Gasteiger partial charge is 0.262 e. The number of benzene rings is 1. The van der Waals surface area contributed by atoms with Crippen LogP contribution in [0.15, 0.2) is 24.3 Å². The van der Waals surface area contributed by atoms with Crippen LogP contribution >= 0.6 is 0 Å². The van der Waals surface area contributed by atoms with Gasteiger partial charge in [0.2, 0.25) is 0 Å². The summed E-state index contributed by atoms with van der Waals surface area (Å²) in [4.78, 5) is 25.6. The van der Waals surface area contributed by atoms with Gasteiger partial charge in [0.05, 0.1) is 17.7 Å². The van der Waals surface area contributed by atoms with Crippen LogP contribution in [0.2, 0.25) is 0 Å². The van der Waals surface area contributed by atoms with Gasteiger partial charge in [0.25, 0.3) is 11.8 Å². The maximum atomic E-state index is 12.5. The van der Waals surface area contributed by atoms with E-state index >= 15 is 0 Å². The summed E-state index contributed by atoms with van der Waals surface area (Å²) < 4.78 is 26.2. The first-order valence-electron chi connectivity index (χ1n) is 7.07. The van der Waals surface area contributed by atoms with Crippen molar-refractivity contribution >= 4 is 22.9 Å². The van der Waals surface area contributed by atoms with Crippen LogP contribution in [0, 0.1) is 0 Å². The highest BCUT2D eigenvalue weighted by molar-refractivity contribution is 7.79. The van der Waals surface area contributed by atoms with Crippen LogP contribution in [0.5, 0.6) is 0 Å². The molecule has 2 amide bonds. The number of carbonyl (C=O) groups excluding carboxylic acids is 2. The van der Waals surface area contributed by atoms with Gasteiger partial charge in [0.15, 0.2) is 16.5 Å². The molecule has 0 aliphatic carbocycles. The van der Waals surface area contributed by atoms with Crippen molar-refractivity contribution < 1.29 is 38.4 Å². The highest BCUT2D eigenvalue weighted by Gasteiger charge is 2.54. The first kappa shape index (κ1) is 17.1. The topological polar surface area (TPSA) is 145 Å². The lowest BCUT2D eigenvalue weighted by Gasteiger charge is -2.43. The monoisotopic (exact) mass is 357 g/mol. The van der Waals surface area contributed by atoms with Gasteiger partial charge in [-0.2, -0.15) is 0 Å². The summed E-state index contributed by atoms with van der Waals surface area (Å²) in [5.41, 5.74) is -1.48. The minimum atomic E-state index is -2.68. The maximum Gasteiger partial charge on any atom is 0.262 e. The van der Waals surface area contributed by atoms with Crippen LogP contribution in [0.3, 0.4) is 0 Å². The van der Waals surface area contributed by atoms with E-state index in [4.69, 9.17) is 9.84 Å². The number of imide groups is 1. The van der Waals surface area contributed by atoms with E-state index in [1.165, 1.54) is 12.1 Å². The highest BCUT2D eigenvalue weighted by atomic mass is 32.2. The molecule has 0 saturated carbocycles. The predicted molar refractivity (Wildman–Crippen MR) is 79.3 cm³/mol. The number of fused-ring (bicyclic) bond motifs is 1. The van der Waals surface area contributed by atoms with Gasteiger partial charge in [-0.15, -0.1) is 0 Å². The molecule has 2 unspecified atom stereocenters. The van der Waals surface area contributed by atoms with Gasteiger partial charge in [0.1, 0.15) is 24.4 Å². The standard InChI is InChI=1S/C14H15NO8S/c16-5-8-10(17)11(18)9(14(23-8)24(21)22)15-12(19)6-3-1-2-4-7(6)13(15)20/h1-4,8-11,14,16-18H,5H2,(H,21,22)/t8-,9-,10-,11-,14?/m1/s1. The minimum absolute atomic E-state index is 0.0935. The molecule has 6 atom stereocenters. The molecule has 0 spiro atoms. The molecule has 2 aliphatic heterocycles. The van der Waals surface area contributed by atoms with Crippen LogP contribution in [0.4, 0.5) is 0 Å². The summed E-state index contributed by atoms with van der Waals surface area (Å²) in [5, 5.41) is 29.4. The van der Waals surface area contributed by atoms with E-state index in [2.05, 4.69) is 0 Å². The molecule has 0 radical (unpaired) electrons. The summed E-state index contributed by atoms with van der Waals surface area (Å²) in [6.07, 6.45) is -4.70. The van der Waals surface area contributed by atoms with E-state index in [-0.39, 0.29) is 11.1 Å². The zero-order valence-corrected chi connectivity index (χ0v) is 13.0. The third-order valence-corrected chi connectivity index (χ3v) is 4.96.